The molecule has 1 heterocycles. The van der Waals surface area contributed by atoms with Crippen molar-refractivity contribution in [2.24, 2.45) is 5.10 Å². The topological polar surface area (TPSA) is 65.4 Å². The first-order valence-corrected chi connectivity index (χ1v) is 7.99. The molecule has 0 amide bonds. The van der Waals surface area contributed by atoms with E-state index < -0.39 is 11.6 Å². The number of ether oxygens (including phenoxy) is 1. The van der Waals surface area contributed by atoms with Crippen LogP contribution < -0.4 is 10.5 Å². The van der Waals surface area contributed by atoms with Crippen LogP contribution in [0.4, 0.5) is 14.7 Å². The Balaban J connectivity index is 2.04. The number of hydrogen-bond acceptors (Lipinski definition) is 4. The van der Waals surface area contributed by atoms with Gasteiger partial charge in [-0.05, 0) is 25.5 Å². The Morgan fingerprint density at radius 2 is 1.96 bits per heavy atom. The molecule has 2 rings (SSSR count). The minimum Gasteiger partial charge on any atom is -0.488 e. The average Bonchev–Trinajstić information content (AvgIpc) is 2.85. The van der Waals surface area contributed by atoms with Crippen LogP contribution in [0.2, 0.25) is 0 Å². The lowest BCUT2D eigenvalue weighted by atomic mass is 10.2. The van der Waals surface area contributed by atoms with Crippen molar-refractivity contribution in [1.29, 1.82) is 0 Å². The zero-order valence-corrected chi connectivity index (χ0v) is 13.9. The molecule has 0 radical (unpaired) electrons. The number of imidazole rings is 1. The van der Waals surface area contributed by atoms with E-state index in [9.17, 15) is 8.78 Å². The van der Waals surface area contributed by atoms with E-state index in [0.717, 1.165) is 25.7 Å². The Bertz CT molecular complexity index is 690. The zero-order chi connectivity index (χ0) is 17.5. The molecule has 5 nitrogen and oxygen atoms in total. The van der Waals surface area contributed by atoms with Gasteiger partial charge in [0.05, 0.1) is 24.7 Å². The molecule has 1 aromatic heterocycles. The minimum absolute atomic E-state index is 0.205. The van der Waals surface area contributed by atoms with Crippen LogP contribution in [0.25, 0.3) is 0 Å². The van der Waals surface area contributed by atoms with Gasteiger partial charge in [0, 0.05) is 5.56 Å². The Kier molecular flexibility index (Phi) is 6.28. The second-order valence-corrected chi connectivity index (χ2v) is 5.55. The average molecular weight is 336 g/mol. The number of hydrogen-bond donors (Lipinski definition) is 1. The fourth-order valence-electron chi connectivity index (χ4n) is 2.22. The molecule has 0 aliphatic rings. The summed E-state index contributed by atoms with van der Waals surface area (Å²) in [6.45, 7) is 4.17. The summed E-state index contributed by atoms with van der Waals surface area (Å²) in [5.74, 6) is -1.64. The molecule has 0 bridgehead atoms. The molecule has 7 heteroatoms. The quantitative estimate of drug-likeness (QED) is 0.587. The number of benzene rings is 1. The number of halogens is 2. The summed E-state index contributed by atoms with van der Waals surface area (Å²) < 4.78 is 34.6. The Morgan fingerprint density at radius 1 is 1.25 bits per heavy atom. The molecule has 0 aliphatic carbocycles. The molecule has 130 valence electrons. The van der Waals surface area contributed by atoms with E-state index in [1.165, 1.54) is 23.0 Å². The first kappa shape index (κ1) is 17.9. The van der Waals surface area contributed by atoms with Gasteiger partial charge in [0.1, 0.15) is 0 Å². The number of aromatic nitrogens is 2. The van der Waals surface area contributed by atoms with Gasteiger partial charge in [-0.25, -0.2) is 18.4 Å². The summed E-state index contributed by atoms with van der Waals surface area (Å²) >= 11 is 0. The van der Waals surface area contributed by atoms with E-state index in [0.29, 0.717) is 12.3 Å². The Hall–Kier alpha value is -2.44. The maximum Gasteiger partial charge on any atom is 0.221 e. The highest BCUT2D eigenvalue weighted by molar-refractivity contribution is 5.80. The van der Waals surface area contributed by atoms with Crippen LogP contribution in [0.3, 0.4) is 0 Å². The highest BCUT2D eigenvalue weighted by Gasteiger charge is 2.12. The Labute approximate surface area is 140 Å². The smallest absolute Gasteiger partial charge is 0.221 e. The lowest BCUT2D eigenvalue weighted by Crippen LogP contribution is -2.03. The maximum absolute atomic E-state index is 14.0. The molecule has 0 unspecified atom stereocenters. The first-order chi connectivity index (χ1) is 11.5. The molecule has 0 saturated carbocycles. The van der Waals surface area contributed by atoms with Crippen molar-refractivity contribution in [3.63, 3.8) is 0 Å². The van der Waals surface area contributed by atoms with Gasteiger partial charge in [-0.3, -0.25) is 0 Å². The van der Waals surface area contributed by atoms with Crippen LogP contribution in [-0.4, -0.2) is 22.5 Å². The number of unbranched alkanes of at least 4 members (excludes halogenated alkanes) is 3. The van der Waals surface area contributed by atoms with Crippen LogP contribution >= 0.6 is 0 Å². The van der Waals surface area contributed by atoms with Crippen LogP contribution in [0.15, 0.2) is 23.4 Å². The van der Waals surface area contributed by atoms with E-state index in [4.69, 9.17) is 10.5 Å². The summed E-state index contributed by atoms with van der Waals surface area (Å²) in [4.78, 5) is 3.99. The molecule has 24 heavy (non-hydrogen) atoms. The maximum atomic E-state index is 14.0. The predicted molar refractivity (Wildman–Crippen MR) is 90.4 cm³/mol. The van der Waals surface area contributed by atoms with Gasteiger partial charge in [-0.15, -0.1) is 0 Å². The van der Waals surface area contributed by atoms with Crippen molar-refractivity contribution in [2.45, 2.75) is 39.5 Å². The summed E-state index contributed by atoms with van der Waals surface area (Å²) in [5, 5.41) is 4.03. The third-order valence-electron chi connectivity index (χ3n) is 3.43. The summed E-state index contributed by atoms with van der Waals surface area (Å²) in [7, 11) is 0. The van der Waals surface area contributed by atoms with Crippen molar-refractivity contribution >= 4 is 12.2 Å². The molecular weight excluding hydrogens is 314 g/mol. The number of nitrogens with two attached hydrogens (primary N) is 1. The van der Waals surface area contributed by atoms with Gasteiger partial charge in [0.15, 0.2) is 17.4 Å². The molecule has 2 aromatic rings. The first-order valence-electron chi connectivity index (χ1n) is 7.99. The second kappa shape index (κ2) is 8.42. The normalized spacial score (nSPS) is 11.3. The van der Waals surface area contributed by atoms with E-state index in [2.05, 4.69) is 17.0 Å². The highest BCUT2D eigenvalue weighted by atomic mass is 19.1. The van der Waals surface area contributed by atoms with E-state index in [1.54, 1.807) is 13.1 Å². The van der Waals surface area contributed by atoms with Crippen LogP contribution in [-0.2, 0) is 0 Å². The number of aryl methyl sites for hydroxylation is 1. The van der Waals surface area contributed by atoms with Crippen molar-refractivity contribution in [3.8, 4) is 5.75 Å². The van der Waals surface area contributed by atoms with Gasteiger partial charge < -0.3 is 10.5 Å². The van der Waals surface area contributed by atoms with Crippen molar-refractivity contribution in [2.75, 3.05) is 12.3 Å². The number of nitrogen functional groups attached to an aromatic ring is 1. The van der Waals surface area contributed by atoms with E-state index in [-0.39, 0.29) is 17.3 Å². The zero-order valence-electron chi connectivity index (χ0n) is 13.9. The largest absolute Gasteiger partial charge is 0.488 e. The number of anilines is 1. The van der Waals surface area contributed by atoms with Gasteiger partial charge in [0.2, 0.25) is 5.95 Å². The highest BCUT2D eigenvalue weighted by Crippen LogP contribution is 2.23. The molecule has 0 fully saturated rings. The molecule has 0 atom stereocenters. The molecule has 2 N–H and O–H groups in total. The van der Waals surface area contributed by atoms with Crippen LogP contribution in [0, 0.1) is 18.6 Å². The number of rotatable bonds is 8. The fourth-order valence-corrected chi connectivity index (χ4v) is 2.22. The van der Waals surface area contributed by atoms with Crippen LogP contribution in [0.5, 0.6) is 5.75 Å². The molecule has 0 spiro atoms. The Morgan fingerprint density at radius 3 is 2.54 bits per heavy atom. The van der Waals surface area contributed by atoms with Gasteiger partial charge in [0.25, 0.3) is 0 Å². The monoisotopic (exact) mass is 336 g/mol. The SMILES string of the molecule is CCCCCCOc1c(F)cc(C=Nn2cc(C)nc2N)cc1F. The molecule has 0 saturated heterocycles. The predicted octanol–water partition coefficient (Wildman–Crippen LogP) is 3.89. The molecular formula is C17H22F2N4O. The van der Waals surface area contributed by atoms with Crippen molar-refractivity contribution in [3.05, 3.63) is 41.2 Å². The van der Waals surface area contributed by atoms with Crippen molar-refractivity contribution < 1.29 is 13.5 Å². The standard InChI is InChI=1S/C17H22F2N4O/c1-3-4-5-6-7-24-16-14(18)8-13(9-15(16)19)10-21-23-11-12(2)22-17(23)20/h8-11H,3-7H2,1-2H3,(H2,20,22). The lowest BCUT2D eigenvalue weighted by molar-refractivity contribution is 0.275. The summed E-state index contributed by atoms with van der Waals surface area (Å²) in [6, 6.07) is 2.35. The summed E-state index contributed by atoms with van der Waals surface area (Å²) in [5.41, 5.74) is 6.62. The van der Waals surface area contributed by atoms with E-state index in [1.807, 2.05) is 0 Å². The molecule has 0 aliphatic heterocycles. The second-order valence-electron chi connectivity index (χ2n) is 5.55. The minimum atomic E-state index is -0.748. The molecule has 1 aromatic carbocycles. The third kappa shape index (κ3) is 4.78. The fraction of sp³-hybridized carbons (Fsp3) is 0.412. The third-order valence-corrected chi connectivity index (χ3v) is 3.43. The lowest BCUT2D eigenvalue weighted by Gasteiger charge is -2.09. The van der Waals surface area contributed by atoms with Gasteiger partial charge in [-0.2, -0.15) is 5.10 Å². The van der Waals surface area contributed by atoms with E-state index >= 15 is 0 Å². The number of nitrogens with zero attached hydrogens (tertiary/aromatic N) is 3. The summed E-state index contributed by atoms with van der Waals surface area (Å²) in [6.07, 6.45) is 6.87. The van der Waals surface area contributed by atoms with Crippen molar-refractivity contribution in [1.82, 2.24) is 9.66 Å². The van der Waals surface area contributed by atoms with Crippen LogP contribution in [0.1, 0.15) is 43.9 Å². The van der Waals surface area contributed by atoms with Gasteiger partial charge in [-0.1, -0.05) is 26.2 Å². The van der Waals surface area contributed by atoms with Gasteiger partial charge >= 0.3 is 0 Å².